The fourth-order valence-corrected chi connectivity index (χ4v) is 2.52. The molecule has 0 spiro atoms. The van der Waals surface area contributed by atoms with Gasteiger partial charge in [0.25, 0.3) is 0 Å². The summed E-state index contributed by atoms with van der Waals surface area (Å²) in [7, 11) is 1.69. The number of benzene rings is 3. The van der Waals surface area contributed by atoms with E-state index in [1.165, 1.54) is 5.56 Å². The summed E-state index contributed by atoms with van der Waals surface area (Å²) < 4.78 is 5.26. The summed E-state index contributed by atoms with van der Waals surface area (Å²) in [5, 5.41) is 0. The SMILES string of the molecule is COc1ccc(N(c2ccccc2)c2cccc(C)c2)cc1. The highest BCUT2D eigenvalue weighted by molar-refractivity contribution is 5.76. The number of ether oxygens (including phenoxy) is 1. The van der Waals surface area contributed by atoms with E-state index in [1.807, 2.05) is 18.2 Å². The molecule has 0 radical (unpaired) electrons. The molecule has 0 amide bonds. The first-order valence-corrected chi connectivity index (χ1v) is 7.34. The van der Waals surface area contributed by atoms with Crippen molar-refractivity contribution < 1.29 is 4.74 Å². The number of nitrogens with zero attached hydrogens (tertiary/aromatic N) is 1. The van der Waals surface area contributed by atoms with Crippen molar-refractivity contribution in [3.63, 3.8) is 0 Å². The molecule has 3 aromatic carbocycles. The Bertz CT molecular complexity index is 735. The lowest BCUT2D eigenvalue weighted by atomic mass is 10.1. The molecule has 0 aliphatic carbocycles. The Kier molecular flexibility index (Phi) is 4.10. The summed E-state index contributed by atoms with van der Waals surface area (Å²) >= 11 is 0. The van der Waals surface area contributed by atoms with Crippen LogP contribution in [-0.4, -0.2) is 7.11 Å². The molecular formula is C20H19NO. The summed E-state index contributed by atoms with van der Waals surface area (Å²) in [6.07, 6.45) is 0. The van der Waals surface area contributed by atoms with Crippen molar-refractivity contribution in [1.82, 2.24) is 0 Å². The molecule has 0 aliphatic rings. The van der Waals surface area contributed by atoms with Gasteiger partial charge in [-0.15, -0.1) is 0 Å². The molecule has 0 saturated heterocycles. The van der Waals surface area contributed by atoms with Crippen LogP contribution in [0.5, 0.6) is 5.75 Å². The van der Waals surface area contributed by atoms with Crippen LogP contribution in [0.25, 0.3) is 0 Å². The molecule has 0 bridgehead atoms. The van der Waals surface area contributed by atoms with Gasteiger partial charge in [-0.25, -0.2) is 0 Å². The smallest absolute Gasteiger partial charge is 0.119 e. The second-order valence-corrected chi connectivity index (χ2v) is 5.21. The van der Waals surface area contributed by atoms with Gasteiger partial charge in [0, 0.05) is 17.1 Å². The van der Waals surface area contributed by atoms with E-state index in [-0.39, 0.29) is 0 Å². The first-order valence-electron chi connectivity index (χ1n) is 7.34. The number of hydrogen-bond donors (Lipinski definition) is 0. The van der Waals surface area contributed by atoms with Crippen molar-refractivity contribution >= 4 is 17.1 Å². The summed E-state index contributed by atoms with van der Waals surface area (Å²) in [5.41, 5.74) is 4.64. The minimum atomic E-state index is 0.862. The number of para-hydroxylation sites is 1. The minimum Gasteiger partial charge on any atom is -0.497 e. The maximum absolute atomic E-state index is 5.26. The van der Waals surface area contributed by atoms with E-state index in [1.54, 1.807) is 7.11 Å². The number of methoxy groups -OCH3 is 1. The number of anilines is 3. The van der Waals surface area contributed by atoms with Gasteiger partial charge in [-0.2, -0.15) is 0 Å². The molecule has 2 heteroatoms. The second kappa shape index (κ2) is 6.35. The summed E-state index contributed by atoms with van der Waals surface area (Å²) in [5.74, 6) is 0.862. The Balaban J connectivity index is 2.10. The third-order valence-electron chi connectivity index (χ3n) is 3.60. The predicted octanol–water partition coefficient (Wildman–Crippen LogP) is 5.47. The Morgan fingerprint density at radius 1 is 0.682 bits per heavy atom. The van der Waals surface area contributed by atoms with Gasteiger partial charge < -0.3 is 9.64 Å². The molecule has 0 atom stereocenters. The van der Waals surface area contributed by atoms with Gasteiger partial charge in [-0.1, -0.05) is 30.3 Å². The Morgan fingerprint density at radius 3 is 1.95 bits per heavy atom. The van der Waals surface area contributed by atoms with Crippen LogP contribution in [0.15, 0.2) is 78.9 Å². The van der Waals surface area contributed by atoms with E-state index in [2.05, 4.69) is 72.5 Å². The fourth-order valence-electron chi connectivity index (χ4n) is 2.52. The van der Waals surface area contributed by atoms with E-state index in [9.17, 15) is 0 Å². The Labute approximate surface area is 131 Å². The molecule has 0 heterocycles. The predicted molar refractivity (Wildman–Crippen MR) is 92.4 cm³/mol. The van der Waals surface area contributed by atoms with Crippen LogP contribution in [0.2, 0.25) is 0 Å². The third-order valence-corrected chi connectivity index (χ3v) is 3.60. The third kappa shape index (κ3) is 2.96. The number of rotatable bonds is 4. The van der Waals surface area contributed by atoms with Crippen molar-refractivity contribution in [1.29, 1.82) is 0 Å². The standard InChI is InChI=1S/C20H19NO/c1-16-7-6-10-19(15-16)21(17-8-4-3-5-9-17)18-11-13-20(22-2)14-12-18/h3-15H,1-2H3. The molecule has 0 fully saturated rings. The maximum atomic E-state index is 5.26. The van der Waals surface area contributed by atoms with E-state index in [4.69, 9.17) is 4.74 Å². The molecule has 110 valence electrons. The highest BCUT2D eigenvalue weighted by Crippen LogP contribution is 2.35. The van der Waals surface area contributed by atoms with Gasteiger partial charge in [-0.3, -0.25) is 0 Å². The lowest BCUT2D eigenvalue weighted by molar-refractivity contribution is 0.415. The van der Waals surface area contributed by atoms with E-state index < -0.39 is 0 Å². The molecular weight excluding hydrogens is 270 g/mol. The van der Waals surface area contributed by atoms with Gasteiger partial charge in [0.05, 0.1) is 7.11 Å². The van der Waals surface area contributed by atoms with Crippen LogP contribution in [-0.2, 0) is 0 Å². The molecule has 3 rings (SSSR count). The quantitative estimate of drug-likeness (QED) is 0.631. The first kappa shape index (κ1) is 14.2. The van der Waals surface area contributed by atoms with Gasteiger partial charge in [-0.05, 0) is 61.0 Å². The summed E-state index contributed by atoms with van der Waals surface area (Å²) in [6, 6.07) is 27.0. The van der Waals surface area contributed by atoms with Crippen molar-refractivity contribution in [3.05, 3.63) is 84.4 Å². The van der Waals surface area contributed by atoms with Crippen molar-refractivity contribution in [2.24, 2.45) is 0 Å². The van der Waals surface area contributed by atoms with Crippen LogP contribution in [0.1, 0.15) is 5.56 Å². The van der Waals surface area contributed by atoms with E-state index in [0.717, 1.165) is 22.8 Å². The van der Waals surface area contributed by atoms with E-state index >= 15 is 0 Å². The van der Waals surface area contributed by atoms with Crippen LogP contribution >= 0.6 is 0 Å². The molecule has 0 aromatic heterocycles. The zero-order valence-corrected chi connectivity index (χ0v) is 12.9. The molecule has 0 N–H and O–H groups in total. The maximum Gasteiger partial charge on any atom is 0.119 e. The minimum absolute atomic E-state index is 0.862. The van der Waals surface area contributed by atoms with Gasteiger partial charge in [0.1, 0.15) is 5.75 Å². The highest BCUT2D eigenvalue weighted by Gasteiger charge is 2.11. The highest BCUT2D eigenvalue weighted by atomic mass is 16.5. The molecule has 2 nitrogen and oxygen atoms in total. The average molecular weight is 289 g/mol. The first-order chi connectivity index (χ1) is 10.8. The monoisotopic (exact) mass is 289 g/mol. The zero-order chi connectivity index (χ0) is 15.4. The van der Waals surface area contributed by atoms with Crippen LogP contribution < -0.4 is 9.64 Å². The molecule has 0 aliphatic heterocycles. The number of hydrogen-bond acceptors (Lipinski definition) is 2. The Hall–Kier alpha value is -2.74. The van der Waals surface area contributed by atoms with Crippen LogP contribution in [0.3, 0.4) is 0 Å². The van der Waals surface area contributed by atoms with E-state index in [0.29, 0.717) is 0 Å². The average Bonchev–Trinajstić information content (AvgIpc) is 2.57. The fraction of sp³-hybridized carbons (Fsp3) is 0.100. The van der Waals surface area contributed by atoms with Gasteiger partial charge in [0.2, 0.25) is 0 Å². The zero-order valence-electron chi connectivity index (χ0n) is 12.9. The molecule has 22 heavy (non-hydrogen) atoms. The van der Waals surface area contributed by atoms with Crippen molar-refractivity contribution in [2.45, 2.75) is 6.92 Å². The largest absolute Gasteiger partial charge is 0.497 e. The topological polar surface area (TPSA) is 12.5 Å². The molecule has 0 unspecified atom stereocenters. The van der Waals surface area contributed by atoms with Crippen molar-refractivity contribution in [2.75, 3.05) is 12.0 Å². The lowest BCUT2D eigenvalue weighted by Gasteiger charge is -2.25. The molecule has 0 saturated carbocycles. The summed E-state index contributed by atoms with van der Waals surface area (Å²) in [4.78, 5) is 2.24. The van der Waals surface area contributed by atoms with Crippen LogP contribution in [0.4, 0.5) is 17.1 Å². The Morgan fingerprint density at radius 2 is 1.32 bits per heavy atom. The number of aryl methyl sites for hydroxylation is 1. The summed E-state index contributed by atoms with van der Waals surface area (Å²) in [6.45, 7) is 2.11. The van der Waals surface area contributed by atoms with Crippen molar-refractivity contribution in [3.8, 4) is 5.75 Å². The second-order valence-electron chi connectivity index (χ2n) is 5.21. The molecule has 3 aromatic rings. The van der Waals surface area contributed by atoms with Crippen LogP contribution in [0, 0.1) is 6.92 Å². The van der Waals surface area contributed by atoms with Gasteiger partial charge >= 0.3 is 0 Å². The normalized spacial score (nSPS) is 10.3. The lowest BCUT2D eigenvalue weighted by Crippen LogP contribution is -2.09. The van der Waals surface area contributed by atoms with Gasteiger partial charge in [0.15, 0.2) is 0 Å².